The topological polar surface area (TPSA) is 35.2 Å². The van der Waals surface area contributed by atoms with Crippen LogP contribution in [0.15, 0.2) is 24.0 Å². The van der Waals surface area contributed by atoms with Crippen molar-refractivity contribution in [1.29, 1.82) is 0 Å². The molecule has 10 heavy (non-hydrogen) atoms. The Morgan fingerprint density at radius 2 is 2.60 bits per heavy atom. The summed E-state index contributed by atoms with van der Waals surface area (Å²) >= 11 is 0. The number of hydrogen-bond donors (Lipinski definition) is 1. The van der Waals surface area contributed by atoms with Crippen LogP contribution in [0.3, 0.4) is 0 Å². The lowest BCUT2D eigenvalue weighted by atomic mass is 10.1. The van der Waals surface area contributed by atoms with E-state index in [0.717, 1.165) is 12.2 Å². The third kappa shape index (κ3) is 1.21. The summed E-state index contributed by atoms with van der Waals surface area (Å²) in [4.78, 5) is 0. The fraction of sp³-hybridized carbons (Fsp3) is 0.500. The number of allylic oxidation sites excluding steroid dienone is 2. The molecule has 0 aromatic heterocycles. The second-order valence-electron chi connectivity index (χ2n) is 2.42. The average molecular weight is 139 g/mol. The number of ether oxygens (including phenoxy) is 1. The molecule has 0 bridgehead atoms. The Labute approximate surface area is 61.4 Å². The molecule has 1 heterocycles. The molecule has 0 aromatic rings. The molecule has 0 spiro atoms. The first-order valence-electron chi connectivity index (χ1n) is 3.49. The van der Waals surface area contributed by atoms with E-state index < -0.39 is 0 Å². The van der Waals surface area contributed by atoms with Crippen LogP contribution in [0.25, 0.3) is 0 Å². The van der Waals surface area contributed by atoms with Gasteiger partial charge in [-0.05, 0) is 12.5 Å². The van der Waals surface area contributed by atoms with Crippen LogP contribution >= 0.6 is 0 Å². The van der Waals surface area contributed by atoms with Gasteiger partial charge in [-0.2, -0.15) is 0 Å². The van der Waals surface area contributed by atoms with Crippen molar-refractivity contribution >= 4 is 0 Å². The maximum absolute atomic E-state index is 5.42. The molecule has 0 amide bonds. The zero-order chi connectivity index (χ0) is 7.56. The Balaban J connectivity index is 2.61. The lowest BCUT2D eigenvalue weighted by Gasteiger charge is -2.03. The van der Waals surface area contributed by atoms with E-state index in [9.17, 15) is 0 Å². The van der Waals surface area contributed by atoms with Gasteiger partial charge in [0.25, 0.3) is 0 Å². The zero-order valence-corrected chi connectivity index (χ0v) is 6.26. The minimum absolute atomic E-state index is 0.165. The number of nitrogens with two attached hydrogens (primary N) is 1. The van der Waals surface area contributed by atoms with Crippen LogP contribution in [0.5, 0.6) is 0 Å². The van der Waals surface area contributed by atoms with Crippen molar-refractivity contribution < 1.29 is 4.74 Å². The Bertz CT molecular complexity index is 172. The Morgan fingerprint density at radius 1 is 1.90 bits per heavy atom. The largest absolute Gasteiger partial charge is 0.489 e. The van der Waals surface area contributed by atoms with E-state index in [2.05, 4.69) is 6.58 Å². The molecular formula is C8H13NO. The molecule has 0 aromatic carbocycles. The summed E-state index contributed by atoms with van der Waals surface area (Å²) in [6.07, 6.45) is 3.11. The Hall–Kier alpha value is -0.760. The summed E-state index contributed by atoms with van der Waals surface area (Å²) in [5, 5.41) is 0. The third-order valence-corrected chi connectivity index (χ3v) is 1.73. The third-order valence-electron chi connectivity index (χ3n) is 1.73. The predicted octanol–water partition coefficient (Wildman–Crippen LogP) is 1.19. The molecule has 0 aliphatic carbocycles. The van der Waals surface area contributed by atoms with Crippen LogP contribution in [0.4, 0.5) is 0 Å². The molecule has 2 nitrogen and oxygen atoms in total. The first-order chi connectivity index (χ1) is 4.77. The molecule has 1 saturated heterocycles. The van der Waals surface area contributed by atoms with Gasteiger partial charge < -0.3 is 10.5 Å². The first kappa shape index (κ1) is 7.35. The molecule has 2 N–H and O–H groups in total. The van der Waals surface area contributed by atoms with Gasteiger partial charge in [0.1, 0.15) is 11.9 Å². The minimum Gasteiger partial charge on any atom is -0.489 e. The van der Waals surface area contributed by atoms with Crippen LogP contribution in [0, 0.1) is 0 Å². The van der Waals surface area contributed by atoms with E-state index in [1.807, 2.05) is 13.0 Å². The fourth-order valence-electron chi connectivity index (χ4n) is 1.09. The molecular weight excluding hydrogens is 126 g/mol. The molecule has 1 fully saturated rings. The maximum Gasteiger partial charge on any atom is 0.115 e. The highest BCUT2D eigenvalue weighted by atomic mass is 16.5. The summed E-state index contributed by atoms with van der Waals surface area (Å²) in [5.74, 6) is 0.790. The molecule has 1 unspecified atom stereocenters. The second kappa shape index (κ2) is 2.88. The van der Waals surface area contributed by atoms with Crippen molar-refractivity contribution in [3.05, 3.63) is 24.0 Å². The van der Waals surface area contributed by atoms with Crippen LogP contribution in [-0.4, -0.2) is 12.6 Å². The molecule has 0 saturated carbocycles. The number of rotatable bonds is 1. The number of hydrogen-bond acceptors (Lipinski definition) is 2. The van der Waals surface area contributed by atoms with E-state index in [-0.39, 0.29) is 6.10 Å². The van der Waals surface area contributed by atoms with E-state index in [1.165, 1.54) is 5.57 Å². The van der Waals surface area contributed by atoms with Gasteiger partial charge >= 0.3 is 0 Å². The van der Waals surface area contributed by atoms with Crippen molar-refractivity contribution in [2.45, 2.75) is 19.4 Å². The first-order valence-corrected chi connectivity index (χ1v) is 3.49. The second-order valence-corrected chi connectivity index (χ2v) is 2.42. The fourth-order valence-corrected chi connectivity index (χ4v) is 1.09. The van der Waals surface area contributed by atoms with Gasteiger partial charge in [-0.15, -0.1) is 0 Å². The molecule has 56 valence electrons. The molecule has 1 aliphatic heterocycles. The van der Waals surface area contributed by atoms with E-state index in [0.29, 0.717) is 6.54 Å². The standard InChI is InChI=1S/C8H13NO/c1-3-7-4-8(5-9)10-6(7)2/h3,8H,2,4-5,9H2,1H3/b7-3-. The van der Waals surface area contributed by atoms with Gasteiger partial charge in [0, 0.05) is 13.0 Å². The van der Waals surface area contributed by atoms with E-state index in [4.69, 9.17) is 10.5 Å². The molecule has 0 radical (unpaired) electrons. The van der Waals surface area contributed by atoms with Crippen LogP contribution in [0.2, 0.25) is 0 Å². The molecule has 1 aliphatic rings. The maximum atomic E-state index is 5.42. The summed E-state index contributed by atoms with van der Waals surface area (Å²) in [6.45, 7) is 6.33. The quantitative estimate of drug-likeness (QED) is 0.592. The van der Waals surface area contributed by atoms with Crippen molar-refractivity contribution in [3.8, 4) is 0 Å². The monoisotopic (exact) mass is 139 g/mol. The van der Waals surface area contributed by atoms with Gasteiger partial charge in [-0.25, -0.2) is 0 Å². The highest BCUT2D eigenvalue weighted by molar-refractivity contribution is 5.27. The SMILES string of the molecule is C=C1OC(CN)C/C1=C/C. The molecule has 1 atom stereocenters. The van der Waals surface area contributed by atoms with Crippen LogP contribution in [-0.2, 0) is 4.74 Å². The van der Waals surface area contributed by atoms with Crippen molar-refractivity contribution in [1.82, 2.24) is 0 Å². The van der Waals surface area contributed by atoms with E-state index in [1.54, 1.807) is 0 Å². The zero-order valence-electron chi connectivity index (χ0n) is 6.26. The van der Waals surface area contributed by atoms with Gasteiger partial charge in [-0.1, -0.05) is 12.7 Å². The summed E-state index contributed by atoms with van der Waals surface area (Å²) in [7, 11) is 0. The van der Waals surface area contributed by atoms with Crippen molar-refractivity contribution in [2.75, 3.05) is 6.54 Å². The van der Waals surface area contributed by atoms with E-state index >= 15 is 0 Å². The lowest BCUT2D eigenvalue weighted by Crippen LogP contribution is -2.17. The van der Waals surface area contributed by atoms with Crippen LogP contribution < -0.4 is 5.73 Å². The summed E-state index contributed by atoms with van der Waals surface area (Å²) in [6, 6.07) is 0. The summed E-state index contributed by atoms with van der Waals surface area (Å²) < 4.78 is 5.33. The smallest absolute Gasteiger partial charge is 0.115 e. The highest BCUT2D eigenvalue weighted by Gasteiger charge is 2.21. The Kier molecular flexibility index (Phi) is 2.12. The van der Waals surface area contributed by atoms with Crippen LogP contribution in [0.1, 0.15) is 13.3 Å². The Morgan fingerprint density at radius 3 is 2.90 bits per heavy atom. The molecule has 2 heteroatoms. The lowest BCUT2D eigenvalue weighted by molar-refractivity contribution is 0.169. The average Bonchev–Trinajstić information content (AvgIpc) is 2.30. The molecule has 1 rings (SSSR count). The minimum atomic E-state index is 0.165. The predicted molar refractivity (Wildman–Crippen MR) is 41.4 cm³/mol. The summed E-state index contributed by atoms with van der Waals surface area (Å²) in [5.41, 5.74) is 6.61. The highest BCUT2D eigenvalue weighted by Crippen LogP contribution is 2.26. The van der Waals surface area contributed by atoms with Gasteiger partial charge in [0.05, 0.1) is 0 Å². The van der Waals surface area contributed by atoms with Crippen molar-refractivity contribution in [3.63, 3.8) is 0 Å². The van der Waals surface area contributed by atoms with Gasteiger partial charge in [0.2, 0.25) is 0 Å². The van der Waals surface area contributed by atoms with Gasteiger partial charge in [0.15, 0.2) is 0 Å². The van der Waals surface area contributed by atoms with Crippen molar-refractivity contribution in [2.24, 2.45) is 5.73 Å². The normalized spacial score (nSPS) is 29.2. The van der Waals surface area contributed by atoms with Gasteiger partial charge in [-0.3, -0.25) is 0 Å².